The van der Waals surface area contributed by atoms with Crippen LogP contribution in [0, 0.1) is 0 Å². The summed E-state index contributed by atoms with van der Waals surface area (Å²) in [7, 11) is 0. The number of nitrogens with two attached hydrogens (primary N) is 1. The molecule has 2 aromatic rings. The molecular weight excluding hydrogens is 331 g/mol. The van der Waals surface area contributed by atoms with E-state index in [1.807, 2.05) is 59.5 Å². The van der Waals surface area contributed by atoms with Gasteiger partial charge < -0.3 is 10.6 Å². The number of rotatable bonds is 7. The highest BCUT2D eigenvalue weighted by Gasteiger charge is 2.14. The lowest BCUT2D eigenvalue weighted by molar-refractivity contribution is -0.131. The van der Waals surface area contributed by atoms with Crippen LogP contribution in [0.4, 0.5) is 0 Å². The number of benzene rings is 2. The summed E-state index contributed by atoms with van der Waals surface area (Å²) in [6.45, 7) is 1.88. The van der Waals surface area contributed by atoms with Crippen molar-refractivity contribution < 1.29 is 4.79 Å². The average molecular weight is 353 g/mol. The van der Waals surface area contributed by atoms with Crippen LogP contribution >= 0.6 is 24.0 Å². The Labute approximate surface area is 148 Å². The molecule has 0 unspecified atom stereocenters. The highest BCUT2D eigenvalue weighted by atomic mass is 35.5. The molecule has 5 heteroatoms. The zero-order valence-corrected chi connectivity index (χ0v) is 14.5. The molecule has 0 bridgehead atoms. The van der Waals surface area contributed by atoms with E-state index in [1.165, 1.54) is 0 Å². The first-order valence-corrected chi connectivity index (χ1v) is 7.83. The summed E-state index contributed by atoms with van der Waals surface area (Å²) in [4.78, 5) is 14.4. The number of nitrogens with zero attached hydrogens (tertiary/aromatic N) is 1. The van der Waals surface area contributed by atoms with Gasteiger partial charge in [-0.15, -0.1) is 12.4 Å². The van der Waals surface area contributed by atoms with Gasteiger partial charge in [0.1, 0.15) is 0 Å². The van der Waals surface area contributed by atoms with E-state index in [0.717, 1.165) is 17.5 Å². The van der Waals surface area contributed by atoms with E-state index in [4.69, 9.17) is 17.3 Å². The second-order valence-electron chi connectivity index (χ2n) is 5.25. The fourth-order valence-corrected chi connectivity index (χ4v) is 2.39. The van der Waals surface area contributed by atoms with Gasteiger partial charge >= 0.3 is 0 Å². The van der Waals surface area contributed by atoms with E-state index >= 15 is 0 Å². The summed E-state index contributed by atoms with van der Waals surface area (Å²) in [5.41, 5.74) is 7.69. The first-order valence-electron chi connectivity index (χ1n) is 7.45. The third kappa shape index (κ3) is 6.61. The second-order valence-corrected chi connectivity index (χ2v) is 5.68. The SMILES string of the molecule is Cl.NCCCN(Cc1ccccc1)C(=O)Cc1ccc(Cl)cc1. The van der Waals surface area contributed by atoms with Crippen molar-refractivity contribution in [3.63, 3.8) is 0 Å². The normalized spacial score (nSPS) is 10.0. The summed E-state index contributed by atoms with van der Waals surface area (Å²) in [6, 6.07) is 17.4. The molecule has 23 heavy (non-hydrogen) atoms. The van der Waals surface area contributed by atoms with E-state index in [0.29, 0.717) is 31.1 Å². The predicted octanol–water partition coefficient (Wildman–Crippen LogP) is 3.68. The highest BCUT2D eigenvalue weighted by molar-refractivity contribution is 6.30. The number of amides is 1. The van der Waals surface area contributed by atoms with E-state index in [-0.39, 0.29) is 18.3 Å². The maximum atomic E-state index is 12.6. The van der Waals surface area contributed by atoms with Gasteiger partial charge in [-0.2, -0.15) is 0 Å². The Morgan fingerprint density at radius 2 is 1.65 bits per heavy atom. The molecule has 0 aliphatic carbocycles. The molecule has 2 rings (SSSR count). The molecule has 0 radical (unpaired) electrons. The molecule has 0 aromatic heterocycles. The summed E-state index contributed by atoms with van der Waals surface area (Å²) < 4.78 is 0. The van der Waals surface area contributed by atoms with Gasteiger partial charge in [-0.05, 0) is 36.2 Å². The van der Waals surface area contributed by atoms with Crippen molar-refractivity contribution in [1.29, 1.82) is 0 Å². The minimum atomic E-state index is 0. The Bertz CT molecular complexity index is 588. The largest absolute Gasteiger partial charge is 0.338 e. The molecule has 3 nitrogen and oxygen atoms in total. The van der Waals surface area contributed by atoms with Crippen molar-refractivity contribution in [2.45, 2.75) is 19.4 Å². The molecule has 0 aliphatic rings. The standard InChI is InChI=1S/C18H21ClN2O.ClH/c19-17-9-7-15(8-10-17)13-18(22)21(12-4-11-20)14-16-5-2-1-3-6-16;/h1-3,5-10H,4,11-14,20H2;1H. The smallest absolute Gasteiger partial charge is 0.227 e. The van der Waals surface area contributed by atoms with Crippen LogP contribution < -0.4 is 5.73 Å². The molecule has 2 aromatic carbocycles. The van der Waals surface area contributed by atoms with Gasteiger partial charge in [0.05, 0.1) is 6.42 Å². The lowest BCUT2D eigenvalue weighted by atomic mass is 10.1. The monoisotopic (exact) mass is 352 g/mol. The van der Waals surface area contributed by atoms with Crippen LogP contribution in [-0.4, -0.2) is 23.9 Å². The topological polar surface area (TPSA) is 46.3 Å². The molecule has 0 saturated heterocycles. The highest BCUT2D eigenvalue weighted by Crippen LogP contribution is 2.12. The Morgan fingerprint density at radius 3 is 2.26 bits per heavy atom. The van der Waals surface area contributed by atoms with Gasteiger partial charge in [0, 0.05) is 18.1 Å². The molecule has 2 N–H and O–H groups in total. The number of hydrogen-bond acceptors (Lipinski definition) is 2. The zero-order chi connectivity index (χ0) is 15.8. The Kier molecular flexibility index (Phi) is 8.70. The lowest BCUT2D eigenvalue weighted by Crippen LogP contribution is -2.33. The number of halogens is 2. The van der Waals surface area contributed by atoms with Gasteiger partial charge in [-0.25, -0.2) is 0 Å². The lowest BCUT2D eigenvalue weighted by Gasteiger charge is -2.23. The van der Waals surface area contributed by atoms with E-state index in [1.54, 1.807) is 0 Å². The number of carbonyl (C=O) groups excluding carboxylic acids is 1. The third-order valence-electron chi connectivity index (χ3n) is 3.47. The summed E-state index contributed by atoms with van der Waals surface area (Å²) in [6.07, 6.45) is 1.19. The van der Waals surface area contributed by atoms with Crippen LogP contribution in [0.2, 0.25) is 5.02 Å². The van der Waals surface area contributed by atoms with Crippen molar-refractivity contribution >= 4 is 29.9 Å². The minimum absolute atomic E-state index is 0. The van der Waals surface area contributed by atoms with Gasteiger partial charge in [0.2, 0.25) is 5.91 Å². The second kappa shape index (κ2) is 10.3. The fraction of sp³-hybridized carbons (Fsp3) is 0.278. The summed E-state index contributed by atoms with van der Waals surface area (Å²) in [5.74, 6) is 0.111. The van der Waals surface area contributed by atoms with Gasteiger partial charge in [0.25, 0.3) is 0 Å². The predicted molar refractivity (Wildman–Crippen MR) is 97.9 cm³/mol. The van der Waals surface area contributed by atoms with Crippen LogP contribution in [0.1, 0.15) is 17.5 Å². The average Bonchev–Trinajstić information content (AvgIpc) is 2.54. The third-order valence-corrected chi connectivity index (χ3v) is 3.72. The van der Waals surface area contributed by atoms with Gasteiger partial charge in [0.15, 0.2) is 0 Å². The van der Waals surface area contributed by atoms with Crippen LogP contribution in [0.15, 0.2) is 54.6 Å². The van der Waals surface area contributed by atoms with Crippen molar-refractivity contribution in [2.24, 2.45) is 5.73 Å². The Morgan fingerprint density at radius 1 is 1.00 bits per heavy atom. The van der Waals surface area contributed by atoms with Crippen molar-refractivity contribution in [2.75, 3.05) is 13.1 Å². The van der Waals surface area contributed by atoms with Crippen LogP contribution in [-0.2, 0) is 17.8 Å². The molecular formula is C18H22Cl2N2O. The maximum Gasteiger partial charge on any atom is 0.227 e. The molecule has 124 valence electrons. The Balaban J connectivity index is 0.00000264. The van der Waals surface area contributed by atoms with E-state index in [9.17, 15) is 4.79 Å². The van der Waals surface area contributed by atoms with Gasteiger partial charge in [-0.3, -0.25) is 4.79 Å². The molecule has 0 atom stereocenters. The quantitative estimate of drug-likeness (QED) is 0.825. The number of hydrogen-bond donors (Lipinski definition) is 1. The van der Waals surface area contributed by atoms with Crippen LogP contribution in [0.25, 0.3) is 0 Å². The molecule has 0 heterocycles. The van der Waals surface area contributed by atoms with Crippen molar-refractivity contribution in [3.8, 4) is 0 Å². The van der Waals surface area contributed by atoms with Crippen molar-refractivity contribution in [3.05, 3.63) is 70.7 Å². The first-order chi connectivity index (χ1) is 10.7. The maximum absolute atomic E-state index is 12.6. The number of carbonyl (C=O) groups is 1. The van der Waals surface area contributed by atoms with E-state index in [2.05, 4.69) is 0 Å². The van der Waals surface area contributed by atoms with Gasteiger partial charge in [-0.1, -0.05) is 54.1 Å². The molecule has 0 aliphatic heterocycles. The van der Waals surface area contributed by atoms with Crippen LogP contribution in [0.3, 0.4) is 0 Å². The van der Waals surface area contributed by atoms with Crippen LogP contribution in [0.5, 0.6) is 0 Å². The summed E-state index contributed by atoms with van der Waals surface area (Å²) >= 11 is 5.88. The Hall–Kier alpha value is -1.55. The summed E-state index contributed by atoms with van der Waals surface area (Å²) in [5, 5.41) is 0.681. The van der Waals surface area contributed by atoms with Crippen molar-refractivity contribution in [1.82, 2.24) is 4.90 Å². The van der Waals surface area contributed by atoms with E-state index < -0.39 is 0 Å². The molecule has 0 fully saturated rings. The first kappa shape index (κ1) is 19.5. The zero-order valence-electron chi connectivity index (χ0n) is 13.0. The fourth-order valence-electron chi connectivity index (χ4n) is 2.27. The molecule has 1 amide bonds. The minimum Gasteiger partial charge on any atom is -0.338 e. The molecule has 0 saturated carbocycles. The molecule has 0 spiro atoms.